The van der Waals surface area contributed by atoms with E-state index in [-0.39, 0.29) is 24.8 Å². The first-order valence-electron chi connectivity index (χ1n) is 9.67. The van der Waals surface area contributed by atoms with Crippen LogP contribution in [0.2, 0.25) is 0 Å². The average molecular weight is 437 g/mol. The van der Waals surface area contributed by atoms with Crippen molar-refractivity contribution in [2.45, 2.75) is 26.9 Å². The summed E-state index contributed by atoms with van der Waals surface area (Å²) in [6.07, 6.45) is 0. The number of nitrogens with one attached hydrogen (secondary N) is 1. The molecule has 8 heteroatoms. The summed E-state index contributed by atoms with van der Waals surface area (Å²) in [4.78, 5) is 38.8. The molecule has 2 aromatic heterocycles. The molecule has 2 aromatic carbocycles. The minimum atomic E-state index is -0.573. The Morgan fingerprint density at radius 3 is 2.48 bits per heavy atom. The van der Waals surface area contributed by atoms with Crippen LogP contribution in [0.5, 0.6) is 0 Å². The van der Waals surface area contributed by atoms with Gasteiger partial charge < -0.3 is 5.32 Å². The Kier molecular flexibility index (Phi) is 5.56. The zero-order valence-electron chi connectivity index (χ0n) is 17.0. The van der Waals surface area contributed by atoms with Crippen molar-refractivity contribution in [3.05, 3.63) is 97.3 Å². The Bertz CT molecular complexity index is 1400. The number of fused-ring (bicyclic) bond motifs is 1. The van der Waals surface area contributed by atoms with Crippen LogP contribution in [0.3, 0.4) is 0 Å². The van der Waals surface area contributed by atoms with Gasteiger partial charge in [-0.25, -0.2) is 13.8 Å². The van der Waals surface area contributed by atoms with Gasteiger partial charge in [-0.15, -0.1) is 11.3 Å². The standard InChI is InChI=1S/C23H20FN3O3S/c1-14-3-8-18(11-15(14)2)27-22(29)21-19(9-10-31-21)26(23(27)30)13-20(28)25-12-16-4-6-17(24)7-5-16/h3-11H,12-13H2,1-2H3,(H,25,28). The van der Waals surface area contributed by atoms with E-state index in [2.05, 4.69) is 5.32 Å². The zero-order chi connectivity index (χ0) is 22.1. The Morgan fingerprint density at radius 2 is 1.77 bits per heavy atom. The Morgan fingerprint density at radius 1 is 1.03 bits per heavy atom. The minimum absolute atomic E-state index is 0.206. The van der Waals surface area contributed by atoms with Gasteiger partial charge in [0.25, 0.3) is 5.56 Å². The number of aryl methyl sites for hydroxylation is 2. The third-order valence-corrected chi connectivity index (χ3v) is 6.10. The third-order valence-electron chi connectivity index (χ3n) is 5.21. The van der Waals surface area contributed by atoms with Crippen LogP contribution in [-0.2, 0) is 17.9 Å². The topological polar surface area (TPSA) is 73.1 Å². The normalized spacial score (nSPS) is 11.1. The van der Waals surface area contributed by atoms with Gasteiger partial charge in [0.1, 0.15) is 17.1 Å². The molecular formula is C23H20FN3O3S. The third kappa shape index (κ3) is 4.06. The lowest BCUT2D eigenvalue weighted by atomic mass is 10.1. The minimum Gasteiger partial charge on any atom is -0.350 e. The van der Waals surface area contributed by atoms with Crippen LogP contribution < -0.4 is 16.6 Å². The van der Waals surface area contributed by atoms with E-state index in [4.69, 9.17) is 0 Å². The molecule has 0 bridgehead atoms. The first kappa shape index (κ1) is 20.7. The smallest absolute Gasteiger partial charge is 0.336 e. The number of rotatable bonds is 5. The molecule has 0 aliphatic heterocycles. The SMILES string of the molecule is Cc1ccc(-n2c(=O)c3sccc3n(CC(=O)NCc3ccc(F)cc3)c2=O)cc1C. The summed E-state index contributed by atoms with van der Waals surface area (Å²) < 4.78 is 15.9. The summed E-state index contributed by atoms with van der Waals surface area (Å²) in [5.74, 6) is -0.737. The number of aromatic nitrogens is 2. The summed E-state index contributed by atoms with van der Waals surface area (Å²) in [5.41, 5.74) is 2.67. The first-order chi connectivity index (χ1) is 14.8. The summed E-state index contributed by atoms with van der Waals surface area (Å²) in [7, 11) is 0. The number of carbonyl (C=O) groups is 1. The lowest BCUT2D eigenvalue weighted by Crippen LogP contribution is -2.41. The monoisotopic (exact) mass is 437 g/mol. The number of benzene rings is 2. The number of hydrogen-bond donors (Lipinski definition) is 1. The van der Waals surface area contributed by atoms with Gasteiger partial charge in [-0.05, 0) is 66.2 Å². The van der Waals surface area contributed by atoms with Gasteiger partial charge in [-0.2, -0.15) is 0 Å². The molecule has 0 atom stereocenters. The highest BCUT2D eigenvalue weighted by Gasteiger charge is 2.17. The number of carbonyl (C=O) groups excluding carboxylic acids is 1. The highest BCUT2D eigenvalue weighted by Crippen LogP contribution is 2.17. The van der Waals surface area contributed by atoms with E-state index >= 15 is 0 Å². The molecule has 0 fully saturated rings. The molecule has 31 heavy (non-hydrogen) atoms. The zero-order valence-corrected chi connectivity index (χ0v) is 17.8. The van der Waals surface area contributed by atoms with Crippen LogP contribution in [0, 0.1) is 19.7 Å². The molecule has 0 saturated carbocycles. The van der Waals surface area contributed by atoms with Gasteiger partial charge in [0.2, 0.25) is 5.91 Å². The van der Waals surface area contributed by atoms with Crippen molar-refractivity contribution in [3.63, 3.8) is 0 Å². The van der Waals surface area contributed by atoms with E-state index in [9.17, 15) is 18.8 Å². The quantitative estimate of drug-likeness (QED) is 0.521. The van der Waals surface area contributed by atoms with Crippen molar-refractivity contribution < 1.29 is 9.18 Å². The molecule has 4 aromatic rings. The van der Waals surface area contributed by atoms with E-state index in [1.807, 2.05) is 19.9 Å². The van der Waals surface area contributed by atoms with Crippen molar-refractivity contribution in [2.75, 3.05) is 0 Å². The second-order valence-corrected chi connectivity index (χ2v) is 8.23. The molecular weight excluding hydrogens is 417 g/mol. The summed E-state index contributed by atoms with van der Waals surface area (Å²) >= 11 is 1.23. The van der Waals surface area contributed by atoms with Crippen molar-refractivity contribution in [3.8, 4) is 5.69 Å². The van der Waals surface area contributed by atoms with Crippen LogP contribution in [0.15, 0.2) is 63.5 Å². The average Bonchev–Trinajstić information content (AvgIpc) is 3.23. The molecule has 0 aliphatic rings. The predicted molar refractivity (Wildman–Crippen MR) is 119 cm³/mol. The van der Waals surface area contributed by atoms with Crippen LogP contribution >= 0.6 is 11.3 Å². The Balaban J connectivity index is 1.70. The predicted octanol–water partition coefficient (Wildman–Crippen LogP) is 3.29. The molecule has 0 aliphatic carbocycles. The van der Waals surface area contributed by atoms with Crippen LogP contribution in [0.4, 0.5) is 4.39 Å². The second kappa shape index (κ2) is 8.31. The second-order valence-electron chi connectivity index (χ2n) is 7.32. The van der Waals surface area contributed by atoms with Gasteiger partial charge in [0.05, 0.1) is 11.2 Å². The molecule has 0 unspecified atom stereocenters. The highest BCUT2D eigenvalue weighted by atomic mass is 32.1. The maximum atomic E-state index is 13.3. The molecule has 0 saturated heterocycles. The molecule has 6 nitrogen and oxygen atoms in total. The van der Waals surface area contributed by atoms with E-state index in [1.54, 1.807) is 35.7 Å². The summed E-state index contributed by atoms with van der Waals surface area (Å²) in [6.45, 7) is 3.83. The van der Waals surface area contributed by atoms with Crippen LogP contribution in [-0.4, -0.2) is 15.0 Å². The van der Waals surface area contributed by atoms with Gasteiger partial charge >= 0.3 is 5.69 Å². The fourth-order valence-electron chi connectivity index (χ4n) is 3.33. The first-order valence-corrected chi connectivity index (χ1v) is 10.5. The number of nitrogens with zero attached hydrogens (tertiary/aromatic N) is 2. The fourth-order valence-corrected chi connectivity index (χ4v) is 4.16. The van der Waals surface area contributed by atoms with Crippen molar-refractivity contribution >= 4 is 27.5 Å². The van der Waals surface area contributed by atoms with Gasteiger partial charge in [0.15, 0.2) is 0 Å². The van der Waals surface area contributed by atoms with Gasteiger partial charge in [0, 0.05) is 6.54 Å². The molecule has 0 spiro atoms. The van der Waals surface area contributed by atoms with Crippen molar-refractivity contribution in [1.82, 2.24) is 14.5 Å². The van der Waals surface area contributed by atoms with E-state index in [0.29, 0.717) is 15.9 Å². The fraction of sp³-hybridized carbons (Fsp3) is 0.174. The van der Waals surface area contributed by atoms with Gasteiger partial charge in [-0.3, -0.25) is 14.2 Å². The number of halogens is 1. The summed E-state index contributed by atoms with van der Waals surface area (Å²) in [5, 5.41) is 4.46. The molecule has 158 valence electrons. The van der Waals surface area contributed by atoms with Gasteiger partial charge in [-0.1, -0.05) is 18.2 Å². The lowest BCUT2D eigenvalue weighted by molar-refractivity contribution is -0.121. The molecule has 4 rings (SSSR count). The Hall–Kier alpha value is -3.52. The van der Waals surface area contributed by atoms with Crippen LogP contribution in [0.1, 0.15) is 16.7 Å². The van der Waals surface area contributed by atoms with E-state index in [1.165, 1.54) is 28.0 Å². The molecule has 0 radical (unpaired) electrons. The van der Waals surface area contributed by atoms with Crippen molar-refractivity contribution in [1.29, 1.82) is 0 Å². The maximum Gasteiger partial charge on any atom is 0.336 e. The van der Waals surface area contributed by atoms with E-state index in [0.717, 1.165) is 21.3 Å². The van der Waals surface area contributed by atoms with E-state index < -0.39 is 11.2 Å². The maximum absolute atomic E-state index is 13.3. The van der Waals surface area contributed by atoms with Crippen LogP contribution in [0.25, 0.3) is 15.9 Å². The molecule has 1 amide bonds. The summed E-state index contributed by atoms with van der Waals surface area (Å²) in [6, 6.07) is 12.8. The molecule has 1 N–H and O–H groups in total. The lowest BCUT2D eigenvalue weighted by Gasteiger charge is -2.13. The van der Waals surface area contributed by atoms with Crippen molar-refractivity contribution in [2.24, 2.45) is 0 Å². The number of hydrogen-bond acceptors (Lipinski definition) is 4. The largest absolute Gasteiger partial charge is 0.350 e. The highest BCUT2D eigenvalue weighted by molar-refractivity contribution is 7.17. The number of thiophene rings is 1. The molecule has 2 heterocycles. The number of amides is 1. The Labute approximate surface area is 181 Å².